The maximum Gasteiger partial charge on any atom is 0.347 e. The van der Waals surface area contributed by atoms with Crippen molar-refractivity contribution < 1.29 is 9.90 Å². The summed E-state index contributed by atoms with van der Waals surface area (Å²) in [5.41, 5.74) is 0.120. The summed E-state index contributed by atoms with van der Waals surface area (Å²) >= 11 is 17.6. The number of aromatic amines is 1. The Morgan fingerprint density at radius 1 is 1.19 bits per heavy atom. The number of nitrogens with zero attached hydrogens (tertiary/aromatic N) is 1. The zero-order chi connectivity index (χ0) is 15.7. The van der Waals surface area contributed by atoms with E-state index in [1.807, 2.05) is 4.98 Å². The van der Waals surface area contributed by atoms with Gasteiger partial charge in [0.15, 0.2) is 0 Å². The third-order valence-electron chi connectivity index (χ3n) is 2.41. The standard InChI is InChI=1S/C11H6Cl3N3O4/c12-4-1-6(13)8(7(14)2-4)16-17-3-5(10(19)20)9(18)15-11(17)21/h1-3,16H,(H,19,20)(H,15,18,21). The minimum atomic E-state index is -1.49. The number of hydrogen-bond donors (Lipinski definition) is 3. The van der Waals surface area contributed by atoms with Gasteiger partial charge in [0.1, 0.15) is 5.56 Å². The van der Waals surface area contributed by atoms with Crippen LogP contribution < -0.4 is 16.7 Å². The van der Waals surface area contributed by atoms with Gasteiger partial charge in [-0.2, -0.15) is 0 Å². The van der Waals surface area contributed by atoms with Crippen molar-refractivity contribution >= 4 is 46.5 Å². The highest BCUT2D eigenvalue weighted by atomic mass is 35.5. The quantitative estimate of drug-likeness (QED) is 0.786. The van der Waals surface area contributed by atoms with Crippen molar-refractivity contribution in [1.29, 1.82) is 0 Å². The third kappa shape index (κ3) is 3.21. The van der Waals surface area contributed by atoms with E-state index in [1.165, 1.54) is 12.1 Å². The van der Waals surface area contributed by atoms with E-state index in [9.17, 15) is 14.4 Å². The lowest BCUT2D eigenvalue weighted by atomic mass is 10.3. The van der Waals surface area contributed by atoms with Crippen LogP contribution in [-0.2, 0) is 0 Å². The van der Waals surface area contributed by atoms with Crippen molar-refractivity contribution in [3.8, 4) is 0 Å². The number of benzene rings is 1. The highest BCUT2D eigenvalue weighted by Gasteiger charge is 2.14. The van der Waals surface area contributed by atoms with Crippen LogP contribution >= 0.6 is 34.8 Å². The third-order valence-corrected chi connectivity index (χ3v) is 3.23. The van der Waals surface area contributed by atoms with Crippen LogP contribution in [0.1, 0.15) is 10.4 Å². The highest BCUT2D eigenvalue weighted by molar-refractivity contribution is 6.41. The number of nitrogens with one attached hydrogen (secondary N) is 2. The molecular weight excluding hydrogens is 344 g/mol. The first kappa shape index (κ1) is 15.4. The number of carboxylic acids is 1. The molecule has 0 spiro atoms. The van der Waals surface area contributed by atoms with E-state index in [1.54, 1.807) is 0 Å². The zero-order valence-electron chi connectivity index (χ0n) is 9.99. The van der Waals surface area contributed by atoms with E-state index in [0.29, 0.717) is 0 Å². The normalized spacial score (nSPS) is 10.4. The molecule has 110 valence electrons. The summed E-state index contributed by atoms with van der Waals surface area (Å²) in [6.07, 6.45) is 0.824. The van der Waals surface area contributed by atoms with Gasteiger partial charge >= 0.3 is 11.7 Å². The number of aromatic carboxylic acids is 1. The van der Waals surface area contributed by atoms with Gasteiger partial charge < -0.3 is 5.11 Å². The summed E-state index contributed by atoms with van der Waals surface area (Å²) in [4.78, 5) is 35.7. The lowest BCUT2D eigenvalue weighted by Gasteiger charge is -2.12. The molecule has 1 aromatic carbocycles. The predicted octanol–water partition coefficient (Wildman–Crippen LogP) is 2.07. The van der Waals surface area contributed by atoms with Crippen LogP contribution in [0.3, 0.4) is 0 Å². The first-order valence-electron chi connectivity index (χ1n) is 5.30. The van der Waals surface area contributed by atoms with Gasteiger partial charge in [0.05, 0.1) is 21.9 Å². The summed E-state index contributed by atoms with van der Waals surface area (Å²) in [6, 6.07) is 2.76. The Balaban J connectivity index is 2.55. The number of H-pyrrole nitrogens is 1. The Morgan fingerprint density at radius 3 is 2.29 bits per heavy atom. The van der Waals surface area contributed by atoms with Crippen LogP contribution in [0.2, 0.25) is 15.1 Å². The number of anilines is 1. The highest BCUT2D eigenvalue weighted by Crippen LogP contribution is 2.33. The number of hydrogen-bond acceptors (Lipinski definition) is 4. The van der Waals surface area contributed by atoms with Crippen molar-refractivity contribution in [1.82, 2.24) is 9.66 Å². The van der Waals surface area contributed by atoms with Gasteiger partial charge in [-0.3, -0.25) is 15.2 Å². The Labute approximate surface area is 131 Å². The van der Waals surface area contributed by atoms with Gasteiger partial charge in [-0.1, -0.05) is 34.8 Å². The molecule has 0 fully saturated rings. The second kappa shape index (κ2) is 5.80. The van der Waals surface area contributed by atoms with Gasteiger partial charge in [0.25, 0.3) is 5.56 Å². The molecule has 1 heterocycles. The molecule has 0 aliphatic carbocycles. The summed E-state index contributed by atoms with van der Waals surface area (Å²) in [6.45, 7) is 0. The van der Waals surface area contributed by atoms with Crippen molar-refractivity contribution in [2.24, 2.45) is 0 Å². The number of aromatic nitrogens is 2. The van der Waals surface area contributed by atoms with Gasteiger partial charge in [-0.05, 0) is 12.1 Å². The Bertz CT molecular complexity index is 820. The van der Waals surface area contributed by atoms with Gasteiger partial charge in [-0.25, -0.2) is 14.3 Å². The van der Waals surface area contributed by atoms with Crippen LogP contribution in [-0.4, -0.2) is 20.7 Å². The maximum absolute atomic E-state index is 11.6. The van der Waals surface area contributed by atoms with Crippen molar-refractivity contribution in [3.05, 3.63) is 59.8 Å². The molecule has 0 amide bonds. The molecule has 2 aromatic rings. The van der Waals surface area contributed by atoms with Crippen LogP contribution in [0, 0.1) is 0 Å². The van der Waals surface area contributed by atoms with E-state index >= 15 is 0 Å². The first-order chi connectivity index (χ1) is 9.79. The SMILES string of the molecule is O=C(O)c1cn(Nc2c(Cl)cc(Cl)cc2Cl)c(=O)[nH]c1=O. The monoisotopic (exact) mass is 349 g/mol. The fourth-order valence-corrected chi connectivity index (χ4v) is 2.38. The van der Waals surface area contributed by atoms with Crippen molar-refractivity contribution in [3.63, 3.8) is 0 Å². The average Bonchev–Trinajstić information content (AvgIpc) is 2.35. The summed E-state index contributed by atoms with van der Waals surface area (Å²) in [5, 5.41) is 9.37. The van der Waals surface area contributed by atoms with E-state index in [2.05, 4.69) is 5.43 Å². The molecule has 0 bridgehead atoms. The Kier molecular flexibility index (Phi) is 4.26. The summed E-state index contributed by atoms with van der Waals surface area (Å²) in [7, 11) is 0. The molecule has 0 atom stereocenters. The van der Waals surface area contributed by atoms with Crippen molar-refractivity contribution in [2.75, 3.05) is 5.43 Å². The smallest absolute Gasteiger partial charge is 0.347 e. The summed E-state index contributed by atoms with van der Waals surface area (Å²) in [5.74, 6) is -1.49. The molecule has 7 nitrogen and oxygen atoms in total. The fraction of sp³-hybridized carbons (Fsp3) is 0. The lowest BCUT2D eigenvalue weighted by molar-refractivity contribution is 0.0694. The van der Waals surface area contributed by atoms with Crippen LogP contribution in [0.15, 0.2) is 27.9 Å². The number of rotatable bonds is 3. The minimum absolute atomic E-state index is 0.113. The Morgan fingerprint density at radius 2 is 1.76 bits per heavy atom. The van der Waals surface area contributed by atoms with E-state index in [0.717, 1.165) is 10.9 Å². The molecule has 0 radical (unpaired) electrons. The molecule has 10 heteroatoms. The first-order valence-corrected chi connectivity index (χ1v) is 6.44. The number of carboxylic acid groups (broad SMARTS) is 1. The predicted molar refractivity (Wildman–Crippen MR) is 78.8 cm³/mol. The molecule has 0 saturated carbocycles. The molecule has 1 aromatic heterocycles. The minimum Gasteiger partial charge on any atom is -0.477 e. The van der Waals surface area contributed by atoms with E-state index in [-0.39, 0.29) is 20.8 Å². The molecule has 0 saturated heterocycles. The molecule has 3 N–H and O–H groups in total. The van der Waals surface area contributed by atoms with Crippen molar-refractivity contribution in [2.45, 2.75) is 0 Å². The second-order valence-electron chi connectivity index (χ2n) is 3.83. The summed E-state index contributed by atoms with van der Waals surface area (Å²) < 4.78 is 0.742. The zero-order valence-corrected chi connectivity index (χ0v) is 12.3. The van der Waals surface area contributed by atoms with Gasteiger partial charge in [-0.15, -0.1) is 0 Å². The number of halogens is 3. The number of carbonyl (C=O) groups is 1. The second-order valence-corrected chi connectivity index (χ2v) is 5.08. The topological polar surface area (TPSA) is 104 Å². The molecule has 0 aliphatic heterocycles. The average molecular weight is 351 g/mol. The Hall–Kier alpha value is -1.96. The van der Waals surface area contributed by atoms with E-state index in [4.69, 9.17) is 39.9 Å². The molecule has 0 unspecified atom stereocenters. The maximum atomic E-state index is 11.6. The molecule has 21 heavy (non-hydrogen) atoms. The lowest BCUT2D eigenvalue weighted by Crippen LogP contribution is -2.36. The fourth-order valence-electron chi connectivity index (χ4n) is 1.48. The van der Waals surface area contributed by atoms with Crippen LogP contribution in [0.4, 0.5) is 5.69 Å². The van der Waals surface area contributed by atoms with Gasteiger partial charge in [0.2, 0.25) is 0 Å². The van der Waals surface area contributed by atoms with Crippen LogP contribution in [0.5, 0.6) is 0 Å². The molecule has 0 aliphatic rings. The van der Waals surface area contributed by atoms with E-state index < -0.39 is 22.8 Å². The van der Waals surface area contributed by atoms with Crippen LogP contribution in [0.25, 0.3) is 0 Å². The molecule has 2 rings (SSSR count). The largest absolute Gasteiger partial charge is 0.477 e. The van der Waals surface area contributed by atoms with Gasteiger partial charge in [0, 0.05) is 5.02 Å². The molecular formula is C11H6Cl3N3O4.